The zero-order valence-electron chi connectivity index (χ0n) is 16.1. The molecule has 0 spiro atoms. The molecular weight excluding hydrogens is 401 g/mol. The highest BCUT2D eigenvalue weighted by atomic mass is 19.4. The van der Waals surface area contributed by atoms with E-state index in [0.29, 0.717) is 55.7 Å². The molecule has 0 aliphatic carbocycles. The first kappa shape index (κ1) is 20.1. The van der Waals surface area contributed by atoms with Crippen molar-refractivity contribution in [3.8, 4) is 5.69 Å². The largest absolute Gasteiger partial charge is 0.435 e. The zero-order chi connectivity index (χ0) is 21.3. The first-order valence-electron chi connectivity index (χ1n) is 9.34. The van der Waals surface area contributed by atoms with Crippen LogP contribution in [0.15, 0.2) is 41.1 Å². The summed E-state index contributed by atoms with van der Waals surface area (Å²) in [5.41, 5.74) is -0.0389. The van der Waals surface area contributed by atoms with E-state index in [-0.39, 0.29) is 5.91 Å². The monoisotopic (exact) mass is 420 g/mol. The summed E-state index contributed by atoms with van der Waals surface area (Å²) in [4.78, 5) is 20.8. The van der Waals surface area contributed by atoms with Crippen molar-refractivity contribution in [2.75, 3.05) is 26.2 Å². The SMILES string of the molecule is Cc1nc(CN2CCN(C(=O)c3ccc(-n4ccc(C(F)(F)F)n4)cc3)CC2)no1. The van der Waals surface area contributed by atoms with Crippen molar-refractivity contribution in [3.63, 3.8) is 0 Å². The van der Waals surface area contributed by atoms with Crippen LogP contribution in [0.3, 0.4) is 0 Å². The molecule has 1 saturated heterocycles. The van der Waals surface area contributed by atoms with Crippen molar-refractivity contribution in [2.45, 2.75) is 19.6 Å². The molecule has 30 heavy (non-hydrogen) atoms. The number of nitrogens with zero attached hydrogens (tertiary/aromatic N) is 6. The van der Waals surface area contributed by atoms with Crippen molar-refractivity contribution in [1.29, 1.82) is 0 Å². The van der Waals surface area contributed by atoms with Gasteiger partial charge in [0.2, 0.25) is 5.89 Å². The van der Waals surface area contributed by atoms with Gasteiger partial charge in [0, 0.05) is 44.9 Å². The minimum atomic E-state index is -4.49. The molecule has 4 rings (SSSR count). The van der Waals surface area contributed by atoms with E-state index in [1.165, 1.54) is 6.20 Å². The summed E-state index contributed by atoms with van der Waals surface area (Å²) in [5.74, 6) is 1.02. The van der Waals surface area contributed by atoms with Crippen molar-refractivity contribution in [3.05, 3.63) is 59.5 Å². The standard InChI is InChI=1S/C19H19F3N6O2/c1-13-23-17(25-30-13)12-26-8-10-27(11-9-26)18(29)14-2-4-15(5-3-14)28-7-6-16(24-28)19(20,21)22/h2-7H,8-12H2,1H3. The number of aromatic nitrogens is 4. The van der Waals surface area contributed by atoms with Crippen LogP contribution >= 0.6 is 0 Å². The number of benzene rings is 1. The molecule has 0 saturated carbocycles. The van der Waals surface area contributed by atoms with Crippen molar-refractivity contribution in [2.24, 2.45) is 0 Å². The van der Waals surface area contributed by atoms with Crippen molar-refractivity contribution >= 4 is 5.91 Å². The van der Waals surface area contributed by atoms with Crippen LogP contribution < -0.4 is 0 Å². The first-order valence-corrected chi connectivity index (χ1v) is 9.34. The van der Waals surface area contributed by atoms with Gasteiger partial charge in [0.25, 0.3) is 5.91 Å². The lowest BCUT2D eigenvalue weighted by Gasteiger charge is -2.34. The molecule has 0 atom stereocenters. The molecule has 0 unspecified atom stereocenters. The first-order chi connectivity index (χ1) is 14.3. The van der Waals surface area contributed by atoms with E-state index < -0.39 is 11.9 Å². The van der Waals surface area contributed by atoms with E-state index >= 15 is 0 Å². The maximum Gasteiger partial charge on any atom is 0.435 e. The normalized spacial score (nSPS) is 15.5. The average Bonchev–Trinajstić information content (AvgIpc) is 3.37. The highest BCUT2D eigenvalue weighted by Gasteiger charge is 2.33. The van der Waals surface area contributed by atoms with Crippen LogP contribution in [-0.4, -0.2) is 61.8 Å². The number of carbonyl (C=O) groups is 1. The van der Waals surface area contributed by atoms with E-state index in [2.05, 4.69) is 20.1 Å². The maximum absolute atomic E-state index is 12.7. The molecule has 2 aromatic heterocycles. The fraction of sp³-hybridized carbons (Fsp3) is 0.368. The Kier molecular flexibility index (Phi) is 5.29. The summed E-state index contributed by atoms with van der Waals surface area (Å²) in [6, 6.07) is 7.26. The lowest BCUT2D eigenvalue weighted by atomic mass is 10.1. The van der Waals surface area contributed by atoms with Gasteiger partial charge >= 0.3 is 6.18 Å². The minimum Gasteiger partial charge on any atom is -0.340 e. The van der Waals surface area contributed by atoms with Gasteiger partial charge in [-0.2, -0.15) is 23.3 Å². The lowest BCUT2D eigenvalue weighted by molar-refractivity contribution is -0.141. The van der Waals surface area contributed by atoms with Gasteiger partial charge in [0.1, 0.15) is 0 Å². The van der Waals surface area contributed by atoms with Gasteiger partial charge in [-0.25, -0.2) is 4.68 Å². The van der Waals surface area contributed by atoms with Crippen LogP contribution in [0.2, 0.25) is 0 Å². The number of halogens is 3. The molecule has 1 fully saturated rings. The van der Waals surface area contributed by atoms with Crippen LogP contribution in [0, 0.1) is 6.92 Å². The molecule has 3 aromatic rings. The predicted octanol–water partition coefficient (Wildman–Crippen LogP) is 2.54. The quantitative estimate of drug-likeness (QED) is 0.645. The van der Waals surface area contributed by atoms with Gasteiger partial charge in [-0.1, -0.05) is 5.16 Å². The van der Waals surface area contributed by atoms with Gasteiger partial charge in [-0.15, -0.1) is 0 Å². The van der Waals surface area contributed by atoms with E-state index in [9.17, 15) is 18.0 Å². The second kappa shape index (κ2) is 7.90. The van der Waals surface area contributed by atoms with Gasteiger partial charge in [-0.05, 0) is 30.3 Å². The Balaban J connectivity index is 1.35. The molecule has 1 aliphatic heterocycles. The highest BCUT2D eigenvalue weighted by molar-refractivity contribution is 5.94. The molecule has 1 aliphatic rings. The molecule has 0 bridgehead atoms. The Morgan fingerprint density at radius 3 is 2.37 bits per heavy atom. The molecule has 0 N–H and O–H groups in total. The Hall–Kier alpha value is -3.21. The number of amides is 1. The Morgan fingerprint density at radius 2 is 1.80 bits per heavy atom. The third-order valence-electron chi connectivity index (χ3n) is 4.85. The van der Waals surface area contributed by atoms with E-state index in [1.807, 2.05) is 0 Å². The summed E-state index contributed by atoms with van der Waals surface area (Å²) < 4.78 is 44.2. The summed E-state index contributed by atoms with van der Waals surface area (Å²) >= 11 is 0. The highest BCUT2D eigenvalue weighted by Crippen LogP contribution is 2.28. The number of carbonyl (C=O) groups excluding carboxylic acids is 1. The molecule has 11 heteroatoms. The number of rotatable bonds is 4. The molecular formula is C19H19F3N6O2. The number of alkyl halides is 3. The van der Waals surface area contributed by atoms with E-state index in [0.717, 1.165) is 10.7 Å². The third-order valence-corrected chi connectivity index (χ3v) is 4.85. The number of hydrogen-bond donors (Lipinski definition) is 0. The second-order valence-electron chi connectivity index (χ2n) is 6.99. The van der Waals surface area contributed by atoms with E-state index in [4.69, 9.17) is 4.52 Å². The Bertz CT molecular complexity index is 1020. The lowest BCUT2D eigenvalue weighted by Crippen LogP contribution is -2.48. The maximum atomic E-state index is 12.7. The molecule has 8 nitrogen and oxygen atoms in total. The molecule has 1 aromatic carbocycles. The van der Waals surface area contributed by atoms with Crippen molar-refractivity contribution < 1.29 is 22.5 Å². The summed E-state index contributed by atoms with van der Waals surface area (Å²) in [5, 5.41) is 7.42. The second-order valence-corrected chi connectivity index (χ2v) is 6.99. The summed E-state index contributed by atoms with van der Waals surface area (Å²) in [6.07, 6.45) is -3.25. The van der Waals surface area contributed by atoms with Crippen molar-refractivity contribution in [1.82, 2.24) is 29.7 Å². The number of piperazine rings is 1. The molecule has 3 heterocycles. The van der Waals surface area contributed by atoms with Crippen LogP contribution in [0.4, 0.5) is 13.2 Å². The fourth-order valence-electron chi connectivity index (χ4n) is 3.27. The molecule has 1 amide bonds. The van der Waals surface area contributed by atoms with Gasteiger partial charge < -0.3 is 9.42 Å². The van der Waals surface area contributed by atoms with Crippen LogP contribution in [-0.2, 0) is 12.7 Å². The summed E-state index contributed by atoms with van der Waals surface area (Å²) in [7, 11) is 0. The average molecular weight is 420 g/mol. The van der Waals surface area contributed by atoms with E-state index in [1.54, 1.807) is 36.1 Å². The van der Waals surface area contributed by atoms with Crippen LogP contribution in [0.5, 0.6) is 0 Å². The predicted molar refractivity (Wildman–Crippen MR) is 98.8 cm³/mol. The third kappa shape index (κ3) is 4.35. The Labute approximate surface area is 169 Å². The fourth-order valence-corrected chi connectivity index (χ4v) is 3.27. The van der Waals surface area contributed by atoms with Gasteiger partial charge in [0.15, 0.2) is 11.5 Å². The topological polar surface area (TPSA) is 80.3 Å². The smallest absolute Gasteiger partial charge is 0.340 e. The molecule has 158 valence electrons. The number of aryl methyl sites for hydroxylation is 1. The minimum absolute atomic E-state index is 0.118. The zero-order valence-corrected chi connectivity index (χ0v) is 16.1. The molecule has 0 radical (unpaired) electrons. The summed E-state index contributed by atoms with van der Waals surface area (Å²) in [6.45, 7) is 4.80. The number of hydrogen-bond acceptors (Lipinski definition) is 6. The van der Waals surface area contributed by atoms with Gasteiger partial charge in [-0.3, -0.25) is 9.69 Å². The van der Waals surface area contributed by atoms with Crippen LogP contribution in [0.1, 0.15) is 27.8 Å². The Morgan fingerprint density at radius 1 is 1.10 bits per heavy atom. The van der Waals surface area contributed by atoms with Gasteiger partial charge in [0.05, 0.1) is 12.2 Å². The van der Waals surface area contributed by atoms with Crippen LogP contribution in [0.25, 0.3) is 5.69 Å².